The van der Waals surface area contributed by atoms with Gasteiger partial charge >= 0.3 is 0 Å². The Balaban J connectivity index is 2.00. The Morgan fingerprint density at radius 1 is 1.07 bits per heavy atom. The highest BCUT2D eigenvalue weighted by Gasteiger charge is 2.25. The van der Waals surface area contributed by atoms with Crippen molar-refractivity contribution in [3.8, 4) is 5.75 Å². The van der Waals surface area contributed by atoms with Crippen molar-refractivity contribution in [3.05, 3.63) is 52.8 Å². The van der Waals surface area contributed by atoms with Crippen molar-refractivity contribution in [3.63, 3.8) is 0 Å². The highest BCUT2D eigenvalue weighted by Crippen LogP contribution is 2.33. The SMILES string of the molecule is CCN(CC)S(=O)(=O)c1ccc(O)c(NC(=O)c2oc3c(C)ccc(C)c3c2C)c1. The fourth-order valence-electron chi connectivity index (χ4n) is 3.56. The first-order valence-corrected chi connectivity index (χ1v) is 11.2. The van der Waals surface area contributed by atoms with E-state index in [9.17, 15) is 18.3 Å². The lowest BCUT2D eigenvalue weighted by Crippen LogP contribution is -2.30. The zero-order valence-electron chi connectivity index (χ0n) is 17.7. The number of fused-ring (bicyclic) bond motifs is 1. The summed E-state index contributed by atoms with van der Waals surface area (Å²) in [6.45, 7) is 9.78. The van der Waals surface area contributed by atoms with Gasteiger partial charge in [-0.3, -0.25) is 4.79 Å². The first-order chi connectivity index (χ1) is 14.1. The molecule has 0 radical (unpaired) electrons. The Kier molecular flexibility index (Phi) is 5.92. The summed E-state index contributed by atoms with van der Waals surface area (Å²) in [6, 6.07) is 7.73. The lowest BCUT2D eigenvalue weighted by atomic mass is 10.0. The number of aryl methyl sites for hydroxylation is 3. The first-order valence-electron chi connectivity index (χ1n) is 9.75. The van der Waals surface area contributed by atoms with E-state index in [1.54, 1.807) is 20.8 Å². The summed E-state index contributed by atoms with van der Waals surface area (Å²) >= 11 is 0. The number of phenolic OH excluding ortho intramolecular Hbond substituents is 1. The largest absolute Gasteiger partial charge is 0.506 e. The summed E-state index contributed by atoms with van der Waals surface area (Å²) in [6.07, 6.45) is 0. The quantitative estimate of drug-likeness (QED) is 0.567. The summed E-state index contributed by atoms with van der Waals surface area (Å²) in [7, 11) is -3.73. The van der Waals surface area contributed by atoms with Gasteiger partial charge in [-0.25, -0.2) is 8.42 Å². The monoisotopic (exact) mass is 430 g/mol. The van der Waals surface area contributed by atoms with Gasteiger partial charge in [0, 0.05) is 24.0 Å². The number of carbonyl (C=O) groups excluding carboxylic acids is 1. The van der Waals surface area contributed by atoms with Gasteiger partial charge in [-0.2, -0.15) is 4.31 Å². The number of hydrogen-bond donors (Lipinski definition) is 2. The maximum Gasteiger partial charge on any atom is 0.291 e. The van der Waals surface area contributed by atoms with Crippen molar-refractivity contribution in [2.75, 3.05) is 18.4 Å². The number of anilines is 1. The van der Waals surface area contributed by atoms with Crippen molar-refractivity contribution in [2.45, 2.75) is 39.5 Å². The molecular weight excluding hydrogens is 404 g/mol. The van der Waals surface area contributed by atoms with Crippen LogP contribution in [0, 0.1) is 20.8 Å². The molecule has 0 aliphatic rings. The van der Waals surface area contributed by atoms with Crippen molar-refractivity contribution >= 4 is 32.6 Å². The van der Waals surface area contributed by atoms with E-state index in [0.717, 1.165) is 16.5 Å². The average Bonchev–Trinajstić information content (AvgIpc) is 3.06. The zero-order valence-corrected chi connectivity index (χ0v) is 18.6. The highest BCUT2D eigenvalue weighted by atomic mass is 32.2. The van der Waals surface area contributed by atoms with E-state index >= 15 is 0 Å². The van der Waals surface area contributed by atoms with Crippen LogP contribution in [0.5, 0.6) is 5.75 Å². The number of hydrogen-bond acceptors (Lipinski definition) is 5. The number of aromatic hydroxyl groups is 1. The highest BCUT2D eigenvalue weighted by molar-refractivity contribution is 7.89. The number of carbonyl (C=O) groups is 1. The molecule has 0 atom stereocenters. The van der Waals surface area contributed by atoms with Gasteiger partial charge in [0.25, 0.3) is 5.91 Å². The number of furan rings is 1. The molecule has 0 saturated heterocycles. The van der Waals surface area contributed by atoms with Crippen LogP contribution in [0.4, 0.5) is 5.69 Å². The lowest BCUT2D eigenvalue weighted by Gasteiger charge is -2.19. The Labute approximate surface area is 176 Å². The molecule has 30 heavy (non-hydrogen) atoms. The summed E-state index contributed by atoms with van der Waals surface area (Å²) < 4.78 is 32.7. The predicted octanol–water partition coefficient (Wildman–Crippen LogP) is 4.35. The fourth-order valence-corrected chi connectivity index (χ4v) is 5.04. The average molecular weight is 431 g/mol. The Morgan fingerprint density at radius 3 is 2.30 bits per heavy atom. The van der Waals surface area contributed by atoms with Crippen LogP contribution in [0.3, 0.4) is 0 Å². The van der Waals surface area contributed by atoms with Crippen LogP contribution in [0.15, 0.2) is 39.6 Å². The van der Waals surface area contributed by atoms with Crippen molar-refractivity contribution < 1.29 is 22.7 Å². The van der Waals surface area contributed by atoms with Crippen LogP contribution in [0.2, 0.25) is 0 Å². The third-order valence-corrected chi connectivity index (χ3v) is 7.29. The summed E-state index contributed by atoms with van der Waals surface area (Å²) in [4.78, 5) is 12.9. The van der Waals surface area contributed by atoms with Gasteiger partial charge in [-0.1, -0.05) is 26.0 Å². The van der Waals surface area contributed by atoms with E-state index in [4.69, 9.17) is 4.42 Å². The topological polar surface area (TPSA) is 99.9 Å². The van der Waals surface area contributed by atoms with Gasteiger partial charge in [-0.15, -0.1) is 0 Å². The van der Waals surface area contributed by atoms with Crippen LogP contribution in [0.1, 0.15) is 41.1 Å². The molecule has 0 unspecified atom stereocenters. The van der Waals surface area contributed by atoms with Gasteiger partial charge in [0.1, 0.15) is 11.3 Å². The second-order valence-corrected chi connectivity index (χ2v) is 9.12. The molecule has 1 amide bonds. The summed E-state index contributed by atoms with van der Waals surface area (Å²) in [5, 5.41) is 13.7. The molecule has 8 heteroatoms. The lowest BCUT2D eigenvalue weighted by molar-refractivity contribution is 0.0997. The fraction of sp³-hybridized carbons (Fsp3) is 0.318. The van der Waals surface area contributed by atoms with Crippen molar-refractivity contribution in [1.29, 1.82) is 0 Å². The second-order valence-electron chi connectivity index (χ2n) is 7.18. The molecule has 7 nitrogen and oxygen atoms in total. The van der Waals surface area contributed by atoms with Crippen LogP contribution in [-0.2, 0) is 10.0 Å². The molecule has 160 valence electrons. The molecule has 3 aromatic rings. The molecule has 1 aromatic heterocycles. The number of rotatable bonds is 6. The third-order valence-electron chi connectivity index (χ3n) is 5.25. The molecule has 2 aromatic carbocycles. The van der Waals surface area contributed by atoms with E-state index in [1.807, 2.05) is 26.0 Å². The molecule has 0 aliphatic heterocycles. The Bertz CT molecular complexity index is 1220. The van der Waals surface area contributed by atoms with Gasteiger partial charge in [0.15, 0.2) is 5.76 Å². The third kappa shape index (κ3) is 3.68. The van der Waals surface area contributed by atoms with Crippen molar-refractivity contribution in [2.24, 2.45) is 0 Å². The van der Waals surface area contributed by atoms with E-state index in [0.29, 0.717) is 24.2 Å². The number of sulfonamides is 1. The van der Waals surface area contributed by atoms with Crippen molar-refractivity contribution in [1.82, 2.24) is 4.31 Å². The molecule has 0 spiro atoms. The second kappa shape index (κ2) is 8.12. The Hall–Kier alpha value is -2.84. The predicted molar refractivity (Wildman–Crippen MR) is 117 cm³/mol. The van der Waals surface area contributed by atoms with Gasteiger partial charge < -0.3 is 14.8 Å². The number of benzene rings is 2. The maximum atomic E-state index is 12.9. The van der Waals surface area contributed by atoms with Gasteiger partial charge in [-0.05, 0) is 50.1 Å². The molecule has 0 fully saturated rings. The van der Waals surface area contributed by atoms with E-state index in [2.05, 4.69) is 5.32 Å². The minimum atomic E-state index is -3.73. The molecule has 0 saturated carbocycles. The molecular formula is C22H26N2O5S. The normalized spacial score (nSPS) is 11.9. The molecule has 1 heterocycles. The van der Waals surface area contributed by atoms with E-state index in [-0.39, 0.29) is 22.1 Å². The molecule has 0 aliphatic carbocycles. The van der Waals surface area contributed by atoms with Crippen LogP contribution >= 0.6 is 0 Å². The van der Waals surface area contributed by atoms with Crippen LogP contribution < -0.4 is 5.32 Å². The molecule has 3 rings (SSSR count). The maximum absolute atomic E-state index is 12.9. The minimum Gasteiger partial charge on any atom is -0.506 e. The standard InChI is InChI=1S/C22H26N2O5S/c1-6-24(7-2)30(27,28)16-10-11-18(25)17(12-16)23-22(26)21-15(5)19-13(3)8-9-14(4)20(19)29-21/h8-12,25H,6-7H2,1-5H3,(H,23,26). The molecule has 0 bridgehead atoms. The smallest absolute Gasteiger partial charge is 0.291 e. The number of nitrogens with zero attached hydrogens (tertiary/aromatic N) is 1. The van der Waals surface area contributed by atoms with E-state index in [1.165, 1.54) is 22.5 Å². The van der Waals surface area contributed by atoms with Crippen LogP contribution in [0.25, 0.3) is 11.0 Å². The summed E-state index contributed by atoms with van der Waals surface area (Å²) in [5.41, 5.74) is 3.23. The van der Waals surface area contributed by atoms with E-state index < -0.39 is 15.9 Å². The first kappa shape index (κ1) is 21.9. The van der Waals surface area contributed by atoms with Gasteiger partial charge in [0.05, 0.1) is 10.6 Å². The minimum absolute atomic E-state index is 0.00142. The van der Waals surface area contributed by atoms with Crippen LogP contribution in [-0.4, -0.2) is 36.8 Å². The number of nitrogens with one attached hydrogen (secondary N) is 1. The number of amides is 1. The molecule has 2 N–H and O–H groups in total. The Morgan fingerprint density at radius 2 is 1.70 bits per heavy atom. The zero-order chi connectivity index (χ0) is 22.2. The summed E-state index contributed by atoms with van der Waals surface area (Å²) in [5.74, 6) is -0.669. The number of phenols is 1. The van der Waals surface area contributed by atoms with Gasteiger partial charge in [0.2, 0.25) is 10.0 Å².